The number of nitrogens with zero attached hydrogens (tertiary/aromatic N) is 2. The van der Waals surface area contributed by atoms with E-state index in [-0.39, 0.29) is 18.2 Å². The van der Waals surface area contributed by atoms with Crippen LogP contribution in [-0.4, -0.2) is 16.8 Å². The number of aryl methyl sites for hydroxylation is 2. The molecule has 0 saturated carbocycles. The van der Waals surface area contributed by atoms with Gasteiger partial charge in [-0.25, -0.2) is 0 Å². The van der Waals surface area contributed by atoms with Crippen molar-refractivity contribution < 1.29 is 14.0 Å². The summed E-state index contributed by atoms with van der Waals surface area (Å²) >= 11 is 0. The van der Waals surface area contributed by atoms with E-state index in [1.807, 2.05) is 50.2 Å². The molecule has 3 heterocycles. The van der Waals surface area contributed by atoms with Crippen molar-refractivity contribution in [2.75, 3.05) is 4.90 Å². The van der Waals surface area contributed by atoms with Crippen molar-refractivity contribution in [3.63, 3.8) is 0 Å². The Morgan fingerprint density at radius 1 is 1.18 bits per heavy atom. The fourth-order valence-electron chi connectivity index (χ4n) is 3.53. The van der Waals surface area contributed by atoms with E-state index < -0.39 is 6.04 Å². The molecule has 4 rings (SSSR count). The summed E-state index contributed by atoms with van der Waals surface area (Å²) < 4.78 is 5.49. The summed E-state index contributed by atoms with van der Waals surface area (Å²) in [5.41, 5.74) is 2.99. The van der Waals surface area contributed by atoms with Gasteiger partial charge < -0.3 is 9.73 Å². The summed E-state index contributed by atoms with van der Waals surface area (Å²) in [7, 11) is 0. The lowest BCUT2D eigenvalue weighted by Gasteiger charge is -2.25. The predicted octanol–water partition coefficient (Wildman–Crippen LogP) is 3.70. The van der Waals surface area contributed by atoms with Crippen LogP contribution in [-0.2, 0) is 11.3 Å². The molecule has 1 unspecified atom stereocenters. The number of rotatable bonds is 5. The van der Waals surface area contributed by atoms with Crippen LogP contribution in [0.5, 0.6) is 0 Å². The fraction of sp³-hybridized carbons (Fsp3) is 0.227. The number of anilines is 1. The van der Waals surface area contributed by atoms with Crippen molar-refractivity contribution in [3.8, 4) is 0 Å². The van der Waals surface area contributed by atoms with Crippen LogP contribution in [0.1, 0.15) is 45.6 Å². The predicted molar refractivity (Wildman–Crippen MR) is 105 cm³/mol. The van der Waals surface area contributed by atoms with Gasteiger partial charge in [0.1, 0.15) is 11.5 Å². The van der Waals surface area contributed by atoms with E-state index in [4.69, 9.17) is 4.42 Å². The Balaban J connectivity index is 1.58. The summed E-state index contributed by atoms with van der Waals surface area (Å²) in [5.74, 6) is 1.20. The molecule has 1 aliphatic heterocycles. The molecule has 1 N–H and O–H groups in total. The summed E-state index contributed by atoms with van der Waals surface area (Å²) in [6, 6.07) is 14.5. The van der Waals surface area contributed by atoms with Gasteiger partial charge in [-0.3, -0.25) is 19.5 Å². The Morgan fingerprint density at radius 3 is 2.79 bits per heavy atom. The van der Waals surface area contributed by atoms with Crippen LogP contribution in [0.3, 0.4) is 0 Å². The zero-order valence-electron chi connectivity index (χ0n) is 15.8. The average molecular weight is 375 g/mol. The average Bonchev–Trinajstić information content (AvgIpc) is 3.22. The van der Waals surface area contributed by atoms with Gasteiger partial charge in [0, 0.05) is 11.9 Å². The zero-order chi connectivity index (χ0) is 19.7. The van der Waals surface area contributed by atoms with E-state index in [1.54, 1.807) is 23.2 Å². The Hall–Kier alpha value is -3.41. The SMILES string of the molecule is Cc1cccc(N2C(=O)c3cccnc3C2CC(=O)NCc2ccc(C)o2)c1. The third-order valence-corrected chi connectivity index (χ3v) is 4.83. The molecule has 0 aliphatic carbocycles. The summed E-state index contributed by atoms with van der Waals surface area (Å²) in [6.07, 6.45) is 1.78. The van der Waals surface area contributed by atoms with Crippen molar-refractivity contribution in [2.24, 2.45) is 0 Å². The lowest BCUT2D eigenvalue weighted by Crippen LogP contribution is -2.32. The third-order valence-electron chi connectivity index (χ3n) is 4.83. The number of nitrogens with one attached hydrogen (secondary N) is 1. The highest BCUT2D eigenvalue weighted by Gasteiger charge is 2.39. The first-order valence-corrected chi connectivity index (χ1v) is 9.20. The first kappa shape index (κ1) is 18.0. The normalized spacial score (nSPS) is 15.6. The van der Waals surface area contributed by atoms with Crippen LogP contribution in [0.4, 0.5) is 5.69 Å². The molecule has 1 atom stereocenters. The molecule has 1 aromatic carbocycles. The Kier molecular flexibility index (Phi) is 4.69. The highest BCUT2D eigenvalue weighted by molar-refractivity contribution is 6.11. The maximum absolute atomic E-state index is 13.0. The molecule has 1 aliphatic rings. The maximum Gasteiger partial charge on any atom is 0.260 e. The first-order valence-electron chi connectivity index (χ1n) is 9.20. The first-order chi connectivity index (χ1) is 13.5. The summed E-state index contributed by atoms with van der Waals surface area (Å²) in [5, 5.41) is 2.87. The quantitative estimate of drug-likeness (QED) is 0.738. The molecule has 28 heavy (non-hydrogen) atoms. The number of benzene rings is 1. The van der Waals surface area contributed by atoms with Crippen molar-refractivity contribution in [2.45, 2.75) is 32.9 Å². The monoisotopic (exact) mass is 375 g/mol. The van der Waals surface area contributed by atoms with Gasteiger partial charge in [-0.15, -0.1) is 0 Å². The number of carbonyl (C=O) groups excluding carboxylic acids is 2. The fourth-order valence-corrected chi connectivity index (χ4v) is 3.53. The molecule has 0 fully saturated rings. The van der Waals surface area contributed by atoms with Crippen molar-refractivity contribution in [1.29, 1.82) is 0 Å². The van der Waals surface area contributed by atoms with Crippen LogP contribution >= 0.6 is 0 Å². The topological polar surface area (TPSA) is 75.4 Å². The number of furan rings is 1. The molecule has 6 heteroatoms. The highest BCUT2D eigenvalue weighted by atomic mass is 16.3. The van der Waals surface area contributed by atoms with Crippen molar-refractivity contribution in [3.05, 3.63) is 83.1 Å². The number of amides is 2. The minimum atomic E-state index is -0.441. The standard InChI is InChI=1S/C22H21N3O3/c1-14-5-3-6-16(11-14)25-19(21-18(22(25)27)7-4-10-23-21)12-20(26)24-13-17-9-8-15(2)28-17/h3-11,19H,12-13H2,1-2H3,(H,24,26). The zero-order valence-corrected chi connectivity index (χ0v) is 15.8. The summed E-state index contributed by atoms with van der Waals surface area (Å²) in [4.78, 5) is 31.7. The largest absolute Gasteiger partial charge is 0.465 e. The Labute approximate surface area is 163 Å². The smallest absolute Gasteiger partial charge is 0.260 e. The van der Waals surface area contributed by atoms with Crippen LogP contribution < -0.4 is 10.2 Å². The van der Waals surface area contributed by atoms with Gasteiger partial charge in [0.15, 0.2) is 0 Å². The van der Waals surface area contributed by atoms with Gasteiger partial charge in [0.25, 0.3) is 5.91 Å². The molecule has 0 radical (unpaired) electrons. The van der Waals surface area contributed by atoms with E-state index >= 15 is 0 Å². The number of aromatic nitrogens is 1. The lowest BCUT2D eigenvalue weighted by molar-refractivity contribution is -0.121. The molecule has 2 aromatic heterocycles. The second-order valence-corrected chi connectivity index (χ2v) is 6.96. The molecule has 0 bridgehead atoms. The van der Waals surface area contributed by atoms with E-state index in [0.717, 1.165) is 17.0 Å². The molecule has 0 spiro atoms. The van der Waals surface area contributed by atoms with Gasteiger partial charge in [0.05, 0.1) is 30.3 Å². The van der Waals surface area contributed by atoms with E-state index in [2.05, 4.69) is 10.3 Å². The molecule has 6 nitrogen and oxygen atoms in total. The molecule has 142 valence electrons. The molecule has 3 aromatic rings. The van der Waals surface area contributed by atoms with Gasteiger partial charge in [-0.2, -0.15) is 0 Å². The number of fused-ring (bicyclic) bond motifs is 1. The highest BCUT2D eigenvalue weighted by Crippen LogP contribution is 2.38. The lowest BCUT2D eigenvalue weighted by atomic mass is 10.1. The molecular weight excluding hydrogens is 354 g/mol. The van der Waals surface area contributed by atoms with Gasteiger partial charge in [0.2, 0.25) is 5.91 Å². The molecule has 2 amide bonds. The molecule has 0 saturated heterocycles. The minimum Gasteiger partial charge on any atom is -0.465 e. The summed E-state index contributed by atoms with van der Waals surface area (Å²) in [6.45, 7) is 4.15. The maximum atomic E-state index is 13.0. The van der Waals surface area contributed by atoms with E-state index in [0.29, 0.717) is 23.6 Å². The Bertz CT molecular complexity index is 1040. The van der Waals surface area contributed by atoms with E-state index in [1.165, 1.54) is 0 Å². The van der Waals surface area contributed by atoms with Crippen LogP contribution in [0, 0.1) is 13.8 Å². The number of carbonyl (C=O) groups is 2. The third kappa shape index (κ3) is 3.41. The van der Waals surface area contributed by atoms with Crippen LogP contribution in [0.2, 0.25) is 0 Å². The van der Waals surface area contributed by atoms with Crippen LogP contribution in [0.15, 0.2) is 59.1 Å². The van der Waals surface area contributed by atoms with Gasteiger partial charge in [-0.05, 0) is 55.8 Å². The van der Waals surface area contributed by atoms with Crippen LogP contribution in [0.25, 0.3) is 0 Å². The Morgan fingerprint density at radius 2 is 2.04 bits per heavy atom. The second kappa shape index (κ2) is 7.31. The van der Waals surface area contributed by atoms with E-state index in [9.17, 15) is 9.59 Å². The van der Waals surface area contributed by atoms with Crippen molar-refractivity contribution >= 4 is 17.5 Å². The number of hydrogen-bond donors (Lipinski definition) is 1. The number of pyridine rings is 1. The second-order valence-electron chi connectivity index (χ2n) is 6.96. The molecular formula is C22H21N3O3. The van der Waals surface area contributed by atoms with Gasteiger partial charge >= 0.3 is 0 Å². The van der Waals surface area contributed by atoms with Gasteiger partial charge in [-0.1, -0.05) is 12.1 Å². The minimum absolute atomic E-state index is 0.128. The number of hydrogen-bond acceptors (Lipinski definition) is 4. The van der Waals surface area contributed by atoms with Crippen molar-refractivity contribution in [1.82, 2.24) is 10.3 Å².